The summed E-state index contributed by atoms with van der Waals surface area (Å²) >= 11 is 0. The van der Waals surface area contributed by atoms with E-state index in [0.29, 0.717) is 11.4 Å². The molecule has 68 heavy (non-hydrogen) atoms. The molecule has 10 aromatic rings. The molecular weight excluding hydrogens is 827 g/mol. The first-order valence-electron chi connectivity index (χ1n) is 23.9. The standard InChI is InChI=1S/C64H57N3O/c1-62(2,3)45-33-43(32-44(34-45)55-36-42(30-31-65-55)41-28-29-49-50-24-15-20-40-21-16-25-51(58(40)50)52(49)35-41)48-23-17-27-57-59(48)66-61(53-37-46(63(4,5)6)38-54(60(53)68)64(7,8)9)67(57)56-26-14-13-22-47(56)39-18-11-10-12-19-39/h10-38,68H,1-9H3. The molecule has 0 saturated heterocycles. The van der Waals surface area contributed by atoms with Crippen LogP contribution in [0.15, 0.2) is 176 Å². The zero-order valence-electron chi connectivity index (χ0n) is 40.5. The van der Waals surface area contributed by atoms with Gasteiger partial charge in [-0.3, -0.25) is 9.55 Å². The van der Waals surface area contributed by atoms with E-state index in [0.717, 1.165) is 72.5 Å². The second kappa shape index (κ2) is 15.8. The van der Waals surface area contributed by atoms with Crippen LogP contribution in [0.25, 0.3) is 106 Å². The summed E-state index contributed by atoms with van der Waals surface area (Å²) in [5, 5.41) is 15.1. The molecule has 11 rings (SSSR count). The van der Waals surface area contributed by atoms with Crippen LogP contribution in [0.3, 0.4) is 0 Å². The quantitative estimate of drug-likeness (QED) is 0.181. The predicted octanol–water partition coefficient (Wildman–Crippen LogP) is 17.2. The maximum Gasteiger partial charge on any atom is 0.149 e. The van der Waals surface area contributed by atoms with Crippen LogP contribution in [0.5, 0.6) is 5.75 Å². The Balaban J connectivity index is 1.12. The molecule has 0 unspecified atom stereocenters. The molecule has 0 spiro atoms. The van der Waals surface area contributed by atoms with Gasteiger partial charge in [-0.15, -0.1) is 0 Å². The molecule has 0 radical (unpaired) electrons. The monoisotopic (exact) mass is 883 g/mol. The second-order valence-electron chi connectivity index (χ2n) is 21.7. The van der Waals surface area contributed by atoms with Gasteiger partial charge in [-0.25, -0.2) is 4.98 Å². The molecule has 0 atom stereocenters. The lowest BCUT2D eigenvalue weighted by atomic mass is 9.79. The third kappa shape index (κ3) is 7.31. The number of benzene rings is 8. The third-order valence-electron chi connectivity index (χ3n) is 13.9. The number of para-hydroxylation sites is 2. The molecule has 334 valence electrons. The number of pyridine rings is 1. The van der Waals surface area contributed by atoms with E-state index in [1.165, 1.54) is 38.6 Å². The summed E-state index contributed by atoms with van der Waals surface area (Å²) in [6.07, 6.45) is 1.94. The van der Waals surface area contributed by atoms with Crippen molar-refractivity contribution in [2.75, 3.05) is 0 Å². The van der Waals surface area contributed by atoms with Crippen molar-refractivity contribution in [3.05, 3.63) is 193 Å². The number of fused-ring (bicyclic) bond motifs is 4. The number of rotatable bonds is 6. The first kappa shape index (κ1) is 43.0. The van der Waals surface area contributed by atoms with Gasteiger partial charge in [0, 0.05) is 28.5 Å². The predicted molar refractivity (Wildman–Crippen MR) is 286 cm³/mol. The van der Waals surface area contributed by atoms with Gasteiger partial charge >= 0.3 is 0 Å². The van der Waals surface area contributed by atoms with Crippen LogP contribution in [0.2, 0.25) is 0 Å². The molecule has 8 aromatic carbocycles. The largest absolute Gasteiger partial charge is 0.507 e. The van der Waals surface area contributed by atoms with E-state index in [4.69, 9.17) is 9.97 Å². The Kier molecular flexibility index (Phi) is 9.98. The molecule has 4 nitrogen and oxygen atoms in total. The lowest BCUT2D eigenvalue weighted by Crippen LogP contribution is -2.17. The minimum Gasteiger partial charge on any atom is -0.507 e. The third-order valence-corrected chi connectivity index (χ3v) is 13.9. The molecule has 4 heteroatoms. The average Bonchev–Trinajstić information content (AvgIpc) is 3.87. The Bertz CT molecular complexity index is 3620. The molecule has 0 aliphatic heterocycles. The van der Waals surface area contributed by atoms with Crippen LogP contribution in [0.1, 0.15) is 79.0 Å². The fourth-order valence-electron chi connectivity index (χ4n) is 10.2. The lowest BCUT2D eigenvalue weighted by molar-refractivity contribution is 0.446. The van der Waals surface area contributed by atoms with E-state index >= 15 is 0 Å². The smallest absolute Gasteiger partial charge is 0.149 e. The summed E-state index contributed by atoms with van der Waals surface area (Å²) < 4.78 is 2.27. The second-order valence-corrected chi connectivity index (χ2v) is 21.7. The number of nitrogens with zero attached hydrogens (tertiary/aromatic N) is 3. The molecule has 0 amide bonds. The van der Waals surface area contributed by atoms with Crippen molar-refractivity contribution < 1.29 is 5.11 Å². The molecule has 2 heterocycles. The van der Waals surface area contributed by atoms with Crippen molar-refractivity contribution in [1.82, 2.24) is 14.5 Å². The fraction of sp³-hybridized carbons (Fsp3) is 0.188. The van der Waals surface area contributed by atoms with Crippen LogP contribution in [0, 0.1) is 0 Å². The van der Waals surface area contributed by atoms with Crippen molar-refractivity contribution in [3.8, 4) is 89.7 Å². The van der Waals surface area contributed by atoms with Gasteiger partial charge in [-0.1, -0.05) is 184 Å². The normalized spacial score (nSPS) is 12.5. The number of hydrogen-bond acceptors (Lipinski definition) is 3. The molecule has 0 bridgehead atoms. The minimum absolute atomic E-state index is 0.159. The van der Waals surface area contributed by atoms with E-state index in [1.54, 1.807) is 0 Å². The van der Waals surface area contributed by atoms with Crippen LogP contribution in [0.4, 0.5) is 0 Å². The molecule has 1 aliphatic rings. The number of aromatic nitrogens is 3. The van der Waals surface area contributed by atoms with E-state index in [1.807, 2.05) is 6.20 Å². The number of imidazole rings is 1. The maximum atomic E-state index is 12.5. The Morgan fingerprint density at radius 2 is 1.06 bits per heavy atom. The van der Waals surface area contributed by atoms with Crippen molar-refractivity contribution in [2.24, 2.45) is 0 Å². The van der Waals surface area contributed by atoms with Gasteiger partial charge in [0.15, 0.2) is 0 Å². The van der Waals surface area contributed by atoms with E-state index in [2.05, 4.69) is 237 Å². The summed E-state index contributed by atoms with van der Waals surface area (Å²) in [4.78, 5) is 10.7. The highest BCUT2D eigenvalue weighted by Crippen LogP contribution is 2.49. The summed E-state index contributed by atoms with van der Waals surface area (Å²) in [5.41, 5.74) is 19.8. The van der Waals surface area contributed by atoms with Gasteiger partial charge < -0.3 is 5.11 Å². The van der Waals surface area contributed by atoms with Gasteiger partial charge in [-0.05, 0) is 131 Å². The average molecular weight is 884 g/mol. The van der Waals surface area contributed by atoms with E-state index in [-0.39, 0.29) is 22.0 Å². The van der Waals surface area contributed by atoms with E-state index < -0.39 is 0 Å². The first-order valence-corrected chi connectivity index (χ1v) is 23.9. The van der Waals surface area contributed by atoms with Crippen molar-refractivity contribution in [2.45, 2.75) is 78.6 Å². The summed E-state index contributed by atoms with van der Waals surface area (Å²) in [6, 6.07) is 61.3. The van der Waals surface area contributed by atoms with Gasteiger partial charge in [0.25, 0.3) is 0 Å². The van der Waals surface area contributed by atoms with Crippen molar-refractivity contribution in [1.29, 1.82) is 0 Å². The summed E-state index contributed by atoms with van der Waals surface area (Å²) in [5.74, 6) is 0.953. The van der Waals surface area contributed by atoms with Gasteiger partial charge in [0.1, 0.15) is 11.6 Å². The molecule has 0 fully saturated rings. The first-order chi connectivity index (χ1) is 32.5. The van der Waals surface area contributed by atoms with Crippen LogP contribution in [-0.2, 0) is 16.2 Å². The van der Waals surface area contributed by atoms with Crippen LogP contribution < -0.4 is 0 Å². The Hall–Kier alpha value is -7.56. The maximum absolute atomic E-state index is 12.5. The fourth-order valence-corrected chi connectivity index (χ4v) is 10.2. The number of phenolic OH excluding ortho intramolecular Hbond substituents is 1. The topological polar surface area (TPSA) is 50.9 Å². The van der Waals surface area contributed by atoms with Crippen LogP contribution in [-0.4, -0.2) is 19.6 Å². The zero-order valence-corrected chi connectivity index (χ0v) is 40.5. The molecule has 0 saturated carbocycles. The van der Waals surface area contributed by atoms with Gasteiger partial charge in [-0.2, -0.15) is 0 Å². The Morgan fingerprint density at radius 1 is 0.426 bits per heavy atom. The zero-order chi connectivity index (χ0) is 47.3. The SMILES string of the molecule is CC(C)(C)c1cc(-c2cc(-c3ccc4c(c3)-c3cccc5cccc-4c35)ccn2)cc(-c2cccc3c2nc(-c2cc(C(C)(C)C)cc(C(C)(C)C)c2O)n3-c2ccccc2-c2ccccc2)c1. The molecular formula is C64H57N3O. The summed E-state index contributed by atoms with van der Waals surface area (Å²) in [6.45, 7) is 20.0. The molecule has 1 N–H and O–H groups in total. The van der Waals surface area contributed by atoms with Gasteiger partial charge in [0.05, 0.1) is 28.0 Å². The van der Waals surface area contributed by atoms with Crippen molar-refractivity contribution >= 4 is 21.8 Å². The number of phenols is 1. The molecule has 2 aromatic heterocycles. The number of hydrogen-bond donors (Lipinski definition) is 1. The Labute approximate surface area is 400 Å². The highest BCUT2D eigenvalue weighted by Gasteiger charge is 2.30. The summed E-state index contributed by atoms with van der Waals surface area (Å²) in [7, 11) is 0. The van der Waals surface area contributed by atoms with Crippen molar-refractivity contribution in [3.63, 3.8) is 0 Å². The Morgan fingerprint density at radius 3 is 1.79 bits per heavy atom. The molecule has 1 aliphatic carbocycles. The van der Waals surface area contributed by atoms with Crippen LogP contribution >= 0.6 is 0 Å². The highest BCUT2D eigenvalue weighted by atomic mass is 16.3. The van der Waals surface area contributed by atoms with E-state index in [9.17, 15) is 5.11 Å². The lowest BCUT2D eigenvalue weighted by Gasteiger charge is -2.27. The number of aromatic hydroxyl groups is 1. The minimum atomic E-state index is -0.319. The van der Waals surface area contributed by atoms with Gasteiger partial charge in [0.2, 0.25) is 0 Å². The highest BCUT2D eigenvalue weighted by molar-refractivity contribution is 6.15.